The van der Waals surface area contributed by atoms with E-state index in [1.165, 1.54) is 26.4 Å². The molecule has 1 saturated heterocycles. The monoisotopic (exact) mass is 376 g/mol. The third kappa shape index (κ3) is 4.59. The van der Waals surface area contributed by atoms with Gasteiger partial charge in [-0.3, -0.25) is 9.79 Å². The fourth-order valence-electron chi connectivity index (χ4n) is 4.11. The van der Waals surface area contributed by atoms with Crippen molar-refractivity contribution in [1.82, 2.24) is 25.0 Å². The highest BCUT2D eigenvalue weighted by molar-refractivity contribution is 5.82. The van der Waals surface area contributed by atoms with Gasteiger partial charge in [-0.15, -0.1) is 10.2 Å². The Bertz CT molecular complexity index is 671. The second-order valence-corrected chi connectivity index (χ2v) is 7.58. The molecule has 2 aliphatic heterocycles. The molecule has 1 aromatic heterocycles. The quantitative estimate of drug-likeness (QED) is 0.360. The van der Waals surface area contributed by atoms with Crippen LogP contribution >= 0.6 is 0 Å². The summed E-state index contributed by atoms with van der Waals surface area (Å²) in [6.07, 6.45) is 6.65. The number of carbonyl (C=O) groups is 1. The van der Waals surface area contributed by atoms with Gasteiger partial charge in [-0.05, 0) is 25.2 Å². The predicted molar refractivity (Wildman–Crippen MR) is 104 cm³/mol. The van der Waals surface area contributed by atoms with Gasteiger partial charge in [0, 0.05) is 46.1 Å². The Hall–Kier alpha value is -2.12. The molecular weight excluding hydrogens is 344 g/mol. The zero-order valence-electron chi connectivity index (χ0n) is 16.8. The number of aliphatic imine (C=N–C) groups is 1. The van der Waals surface area contributed by atoms with Crippen molar-refractivity contribution in [2.24, 2.45) is 16.8 Å². The number of likely N-dealkylation sites (tertiary alicyclic amines) is 1. The number of guanidine groups is 1. The van der Waals surface area contributed by atoms with E-state index in [2.05, 4.69) is 36.9 Å². The summed E-state index contributed by atoms with van der Waals surface area (Å²) in [5.41, 5.74) is 0. The van der Waals surface area contributed by atoms with Crippen LogP contribution in [-0.4, -0.2) is 65.4 Å². The summed E-state index contributed by atoms with van der Waals surface area (Å²) in [4.78, 5) is 18.4. The number of carbonyl (C=O) groups excluding carboxylic acids is 1. The molecule has 8 heteroatoms. The van der Waals surface area contributed by atoms with E-state index in [-0.39, 0.29) is 17.8 Å². The molecule has 1 N–H and O–H groups in total. The van der Waals surface area contributed by atoms with Crippen LogP contribution in [0.1, 0.15) is 44.3 Å². The predicted octanol–water partition coefficient (Wildman–Crippen LogP) is 1.25. The molecule has 3 rings (SSSR count). The highest BCUT2D eigenvalue weighted by Crippen LogP contribution is 2.24. The van der Waals surface area contributed by atoms with E-state index < -0.39 is 0 Å². The van der Waals surface area contributed by atoms with E-state index in [4.69, 9.17) is 4.74 Å². The van der Waals surface area contributed by atoms with Crippen LogP contribution in [0.5, 0.6) is 0 Å². The number of rotatable bonds is 5. The number of esters is 1. The lowest BCUT2D eigenvalue weighted by Gasteiger charge is -2.21. The second-order valence-electron chi connectivity index (χ2n) is 7.58. The molecule has 3 heterocycles. The molecule has 0 bridgehead atoms. The average Bonchev–Trinajstić information content (AvgIpc) is 3.16. The van der Waals surface area contributed by atoms with E-state index in [0.29, 0.717) is 6.54 Å². The third-order valence-electron chi connectivity index (χ3n) is 5.67. The van der Waals surface area contributed by atoms with E-state index in [1.54, 1.807) is 7.05 Å². The van der Waals surface area contributed by atoms with E-state index in [0.717, 1.165) is 56.5 Å². The van der Waals surface area contributed by atoms with Gasteiger partial charge in [-0.2, -0.15) is 0 Å². The fourth-order valence-corrected chi connectivity index (χ4v) is 4.11. The lowest BCUT2D eigenvalue weighted by atomic mass is 9.99. The average molecular weight is 377 g/mol. The molecule has 2 aliphatic rings. The molecule has 0 aliphatic carbocycles. The maximum atomic E-state index is 11.9. The van der Waals surface area contributed by atoms with Gasteiger partial charge in [-0.25, -0.2) is 0 Å². The summed E-state index contributed by atoms with van der Waals surface area (Å²) in [5.74, 6) is 3.15. The van der Waals surface area contributed by atoms with Crippen LogP contribution in [0, 0.1) is 11.8 Å². The Morgan fingerprint density at radius 1 is 1.30 bits per heavy atom. The molecule has 8 nitrogen and oxygen atoms in total. The van der Waals surface area contributed by atoms with Gasteiger partial charge in [0.25, 0.3) is 0 Å². The molecule has 2 atom stereocenters. The van der Waals surface area contributed by atoms with Gasteiger partial charge in [0.05, 0.1) is 13.0 Å². The molecule has 2 unspecified atom stereocenters. The standard InChI is InChI=1S/C19H32N6O2/c1-14-12-24(13-15(14)18(26)27-3)19(20-2)21-10-7-9-17-23-22-16-8-5-4-6-11-25(16)17/h14-15H,4-13H2,1-3H3,(H,20,21). The first-order valence-electron chi connectivity index (χ1n) is 10.1. The first kappa shape index (κ1) is 19.6. The van der Waals surface area contributed by atoms with E-state index >= 15 is 0 Å². The molecule has 0 saturated carbocycles. The molecule has 0 spiro atoms. The summed E-state index contributed by atoms with van der Waals surface area (Å²) in [6, 6.07) is 0. The van der Waals surface area contributed by atoms with Crippen molar-refractivity contribution in [3.05, 3.63) is 11.6 Å². The molecule has 0 aromatic carbocycles. The number of methoxy groups -OCH3 is 1. The van der Waals surface area contributed by atoms with Gasteiger partial charge in [-0.1, -0.05) is 13.3 Å². The van der Waals surface area contributed by atoms with Crippen LogP contribution in [0.3, 0.4) is 0 Å². The Morgan fingerprint density at radius 2 is 2.15 bits per heavy atom. The van der Waals surface area contributed by atoms with Crippen LogP contribution in [-0.2, 0) is 28.9 Å². The topological polar surface area (TPSA) is 84.6 Å². The molecule has 1 aromatic rings. The molecule has 27 heavy (non-hydrogen) atoms. The minimum atomic E-state index is -0.132. The highest BCUT2D eigenvalue weighted by Gasteiger charge is 2.36. The van der Waals surface area contributed by atoms with Crippen molar-refractivity contribution < 1.29 is 9.53 Å². The number of nitrogens with one attached hydrogen (secondary N) is 1. The van der Waals surface area contributed by atoms with Crippen LogP contribution < -0.4 is 5.32 Å². The Morgan fingerprint density at radius 3 is 2.93 bits per heavy atom. The van der Waals surface area contributed by atoms with Crippen molar-refractivity contribution in [3.63, 3.8) is 0 Å². The molecule has 1 fully saturated rings. The number of fused-ring (bicyclic) bond motifs is 1. The van der Waals surface area contributed by atoms with Crippen LogP contribution in [0.25, 0.3) is 0 Å². The smallest absolute Gasteiger partial charge is 0.310 e. The number of ether oxygens (including phenoxy) is 1. The number of hydrogen-bond donors (Lipinski definition) is 1. The minimum absolute atomic E-state index is 0.0833. The zero-order valence-corrected chi connectivity index (χ0v) is 16.8. The third-order valence-corrected chi connectivity index (χ3v) is 5.67. The SMILES string of the molecule is CN=C(NCCCc1nnc2n1CCCCC2)N1CC(C)C(C(=O)OC)C1. The normalized spacial score (nSPS) is 23.1. The number of hydrogen-bond acceptors (Lipinski definition) is 5. The summed E-state index contributed by atoms with van der Waals surface area (Å²) >= 11 is 0. The Balaban J connectivity index is 1.47. The maximum Gasteiger partial charge on any atom is 0.310 e. The largest absolute Gasteiger partial charge is 0.469 e. The summed E-state index contributed by atoms with van der Waals surface area (Å²) in [6.45, 7) is 5.43. The van der Waals surface area contributed by atoms with Crippen LogP contribution in [0.4, 0.5) is 0 Å². The van der Waals surface area contributed by atoms with Crippen molar-refractivity contribution in [2.75, 3.05) is 33.8 Å². The van der Waals surface area contributed by atoms with Crippen LogP contribution in [0.2, 0.25) is 0 Å². The second kappa shape index (κ2) is 9.19. The molecular formula is C19H32N6O2. The van der Waals surface area contributed by atoms with Gasteiger partial charge in [0.1, 0.15) is 11.6 Å². The van der Waals surface area contributed by atoms with Crippen molar-refractivity contribution in [2.45, 2.75) is 52.0 Å². The molecule has 0 radical (unpaired) electrons. The molecule has 0 amide bonds. The fraction of sp³-hybridized carbons (Fsp3) is 0.789. The summed E-state index contributed by atoms with van der Waals surface area (Å²) in [5, 5.41) is 12.2. The van der Waals surface area contributed by atoms with E-state index in [1.807, 2.05) is 0 Å². The Kier molecular flexibility index (Phi) is 6.68. The van der Waals surface area contributed by atoms with Gasteiger partial charge < -0.3 is 19.5 Å². The number of aryl methyl sites for hydroxylation is 2. The van der Waals surface area contributed by atoms with Gasteiger partial charge >= 0.3 is 5.97 Å². The van der Waals surface area contributed by atoms with Gasteiger partial charge in [0.2, 0.25) is 0 Å². The highest BCUT2D eigenvalue weighted by atomic mass is 16.5. The lowest BCUT2D eigenvalue weighted by Crippen LogP contribution is -2.41. The summed E-state index contributed by atoms with van der Waals surface area (Å²) < 4.78 is 7.23. The van der Waals surface area contributed by atoms with Crippen molar-refractivity contribution >= 4 is 11.9 Å². The molecule has 150 valence electrons. The minimum Gasteiger partial charge on any atom is -0.469 e. The number of nitrogens with zero attached hydrogens (tertiary/aromatic N) is 5. The van der Waals surface area contributed by atoms with Crippen molar-refractivity contribution in [3.8, 4) is 0 Å². The van der Waals surface area contributed by atoms with Crippen molar-refractivity contribution in [1.29, 1.82) is 0 Å². The number of aromatic nitrogens is 3. The maximum absolute atomic E-state index is 11.9. The Labute approximate surface area is 161 Å². The van der Waals surface area contributed by atoms with Gasteiger partial charge in [0.15, 0.2) is 5.96 Å². The zero-order chi connectivity index (χ0) is 19.2. The van der Waals surface area contributed by atoms with E-state index in [9.17, 15) is 4.79 Å². The first-order chi connectivity index (χ1) is 13.1. The first-order valence-corrected chi connectivity index (χ1v) is 10.1. The summed E-state index contributed by atoms with van der Waals surface area (Å²) in [7, 11) is 3.24. The lowest BCUT2D eigenvalue weighted by molar-refractivity contribution is -0.145. The van der Waals surface area contributed by atoms with Crippen LogP contribution in [0.15, 0.2) is 4.99 Å².